The summed E-state index contributed by atoms with van der Waals surface area (Å²) in [5.74, 6) is 3.91. The summed E-state index contributed by atoms with van der Waals surface area (Å²) in [5.41, 5.74) is 0. The quantitative estimate of drug-likeness (QED) is 0.691. The largest absolute Gasteiger partial charge is 0.317 e. The van der Waals surface area contributed by atoms with E-state index in [9.17, 15) is 0 Å². The molecule has 0 heterocycles. The molecule has 0 aliphatic heterocycles. The van der Waals surface area contributed by atoms with Crippen LogP contribution in [0.2, 0.25) is 0 Å². The molecule has 0 aromatic heterocycles. The van der Waals surface area contributed by atoms with Crippen LogP contribution in [0.1, 0.15) is 66.2 Å². The number of rotatable bonds is 7. The minimum absolute atomic E-state index is 0.947. The van der Waals surface area contributed by atoms with Crippen LogP contribution < -0.4 is 5.32 Å². The average molecular weight is 239 g/mol. The summed E-state index contributed by atoms with van der Waals surface area (Å²) in [7, 11) is 0. The maximum absolute atomic E-state index is 3.58. The van der Waals surface area contributed by atoms with Crippen LogP contribution in [0.25, 0.3) is 0 Å². The van der Waals surface area contributed by atoms with Crippen LogP contribution in [0.5, 0.6) is 0 Å². The highest BCUT2D eigenvalue weighted by molar-refractivity contribution is 4.84. The maximum atomic E-state index is 3.58. The van der Waals surface area contributed by atoms with Gasteiger partial charge in [-0.2, -0.15) is 0 Å². The van der Waals surface area contributed by atoms with Crippen molar-refractivity contribution in [1.29, 1.82) is 0 Å². The molecule has 102 valence electrons. The minimum atomic E-state index is 0.947. The van der Waals surface area contributed by atoms with E-state index in [1.54, 1.807) is 0 Å². The molecule has 1 rings (SSSR count). The van der Waals surface area contributed by atoms with Gasteiger partial charge in [-0.1, -0.05) is 53.4 Å². The lowest BCUT2D eigenvalue weighted by atomic mass is 9.67. The molecular weight excluding hydrogens is 206 g/mol. The molecule has 0 radical (unpaired) electrons. The van der Waals surface area contributed by atoms with Crippen molar-refractivity contribution >= 4 is 0 Å². The molecule has 1 N–H and O–H groups in total. The normalized spacial score (nSPS) is 29.8. The van der Waals surface area contributed by atoms with Gasteiger partial charge in [-0.05, 0) is 49.6 Å². The van der Waals surface area contributed by atoms with Gasteiger partial charge in [-0.15, -0.1) is 0 Å². The van der Waals surface area contributed by atoms with Crippen LogP contribution in [0.3, 0.4) is 0 Å². The Labute approximate surface area is 109 Å². The van der Waals surface area contributed by atoms with E-state index in [0.29, 0.717) is 0 Å². The van der Waals surface area contributed by atoms with Gasteiger partial charge in [-0.25, -0.2) is 0 Å². The highest BCUT2D eigenvalue weighted by Gasteiger charge is 2.33. The van der Waals surface area contributed by atoms with Gasteiger partial charge < -0.3 is 5.32 Å². The summed E-state index contributed by atoms with van der Waals surface area (Å²) in [6.07, 6.45) is 8.58. The summed E-state index contributed by atoms with van der Waals surface area (Å²) in [6, 6.07) is 0. The maximum Gasteiger partial charge on any atom is -0.00179 e. The molecule has 0 saturated heterocycles. The van der Waals surface area contributed by atoms with Crippen LogP contribution >= 0.6 is 0 Å². The molecule has 0 aromatic rings. The van der Waals surface area contributed by atoms with Gasteiger partial charge in [0.25, 0.3) is 0 Å². The molecule has 1 aliphatic rings. The molecule has 1 aliphatic carbocycles. The molecule has 17 heavy (non-hydrogen) atoms. The minimum Gasteiger partial charge on any atom is -0.317 e. The van der Waals surface area contributed by atoms with Crippen LogP contribution in [0, 0.1) is 23.7 Å². The van der Waals surface area contributed by atoms with Gasteiger partial charge in [0.2, 0.25) is 0 Å². The zero-order valence-electron chi connectivity index (χ0n) is 12.5. The Morgan fingerprint density at radius 3 is 2.29 bits per heavy atom. The third-order valence-corrected chi connectivity index (χ3v) is 5.04. The van der Waals surface area contributed by atoms with E-state index in [1.165, 1.54) is 45.1 Å². The highest BCUT2D eigenvalue weighted by Crippen LogP contribution is 2.41. The lowest BCUT2D eigenvalue weighted by molar-refractivity contribution is 0.111. The van der Waals surface area contributed by atoms with E-state index in [1.807, 2.05) is 0 Å². The molecule has 1 nitrogen and oxygen atoms in total. The first-order valence-electron chi connectivity index (χ1n) is 7.97. The number of hydrogen-bond acceptors (Lipinski definition) is 1. The first kappa shape index (κ1) is 15.0. The molecule has 1 saturated carbocycles. The van der Waals surface area contributed by atoms with Crippen LogP contribution in [0.4, 0.5) is 0 Å². The highest BCUT2D eigenvalue weighted by atomic mass is 14.8. The first-order valence-corrected chi connectivity index (χ1v) is 7.97. The second-order valence-corrected chi connectivity index (χ2v) is 5.90. The molecule has 1 heteroatoms. The van der Waals surface area contributed by atoms with Gasteiger partial charge in [-0.3, -0.25) is 0 Å². The van der Waals surface area contributed by atoms with Crippen LogP contribution in [-0.4, -0.2) is 13.1 Å². The second-order valence-electron chi connectivity index (χ2n) is 5.90. The summed E-state index contributed by atoms with van der Waals surface area (Å²) < 4.78 is 0. The zero-order chi connectivity index (χ0) is 12.7. The molecule has 0 aromatic carbocycles. The molecule has 0 bridgehead atoms. The van der Waals surface area contributed by atoms with E-state index in [0.717, 1.165) is 30.2 Å². The van der Waals surface area contributed by atoms with Crippen molar-refractivity contribution < 1.29 is 0 Å². The number of hydrogen-bond donors (Lipinski definition) is 1. The zero-order valence-corrected chi connectivity index (χ0v) is 12.5. The van der Waals surface area contributed by atoms with Crippen molar-refractivity contribution in [2.24, 2.45) is 23.7 Å². The standard InChI is InChI=1S/C16H33N/c1-5-13-9-10-15(12-17-8-4)16(11-13)14(6-2)7-3/h13-17H,5-12H2,1-4H3. The summed E-state index contributed by atoms with van der Waals surface area (Å²) >= 11 is 0. The van der Waals surface area contributed by atoms with Crippen molar-refractivity contribution in [2.75, 3.05) is 13.1 Å². The summed E-state index contributed by atoms with van der Waals surface area (Å²) in [6.45, 7) is 11.8. The number of nitrogens with one attached hydrogen (secondary N) is 1. The van der Waals surface area contributed by atoms with Gasteiger partial charge in [0.1, 0.15) is 0 Å². The Bertz CT molecular complexity index is 186. The molecule has 0 spiro atoms. The summed E-state index contributed by atoms with van der Waals surface area (Å²) in [4.78, 5) is 0. The average Bonchev–Trinajstić information content (AvgIpc) is 2.38. The van der Waals surface area contributed by atoms with Crippen molar-refractivity contribution in [3.8, 4) is 0 Å². The van der Waals surface area contributed by atoms with Crippen molar-refractivity contribution in [1.82, 2.24) is 5.32 Å². The Balaban J connectivity index is 2.59. The van der Waals surface area contributed by atoms with Gasteiger partial charge in [0, 0.05) is 0 Å². The predicted octanol–water partition coefficient (Wildman–Crippen LogP) is 4.47. The molecule has 3 atom stereocenters. The second kappa shape index (κ2) is 8.13. The fraction of sp³-hybridized carbons (Fsp3) is 1.00. The Morgan fingerprint density at radius 2 is 1.76 bits per heavy atom. The fourth-order valence-electron chi connectivity index (χ4n) is 3.78. The topological polar surface area (TPSA) is 12.0 Å². The fourth-order valence-corrected chi connectivity index (χ4v) is 3.78. The smallest absolute Gasteiger partial charge is 0.00179 e. The SMILES string of the molecule is CCNCC1CCC(CC)CC1C(CC)CC. The van der Waals surface area contributed by atoms with Crippen molar-refractivity contribution in [3.05, 3.63) is 0 Å². The van der Waals surface area contributed by atoms with E-state index in [4.69, 9.17) is 0 Å². The van der Waals surface area contributed by atoms with Crippen molar-refractivity contribution in [3.63, 3.8) is 0 Å². The van der Waals surface area contributed by atoms with E-state index >= 15 is 0 Å². The lowest BCUT2D eigenvalue weighted by Gasteiger charge is -2.40. The lowest BCUT2D eigenvalue weighted by Crippen LogP contribution is -2.36. The Morgan fingerprint density at radius 1 is 1.06 bits per heavy atom. The molecule has 0 amide bonds. The monoisotopic (exact) mass is 239 g/mol. The third kappa shape index (κ3) is 4.28. The molecule has 3 unspecified atom stereocenters. The van der Waals surface area contributed by atoms with Crippen LogP contribution in [-0.2, 0) is 0 Å². The van der Waals surface area contributed by atoms with Gasteiger partial charge >= 0.3 is 0 Å². The first-order chi connectivity index (χ1) is 8.26. The van der Waals surface area contributed by atoms with E-state index < -0.39 is 0 Å². The van der Waals surface area contributed by atoms with E-state index in [-0.39, 0.29) is 0 Å². The Kier molecular flexibility index (Phi) is 7.18. The third-order valence-electron chi connectivity index (χ3n) is 5.04. The van der Waals surface area contributed by atoms with Gasteiger partial charge in [0.05, 0.1) is 0 Å². The predicted molar refractivity (Wildman–Crippen MR) is 77.2 cm³/mol. The van der Waals surface area contributed by atoms with E-state index in [2.05, 4.69) is 33.0 Å². The summed E-state index contributed by atoms with van der Waals surface area (Å²) in [5, 5.41) is 3.58. The van der Waals surface area contributed by atoms with Crippen LogP contribution in [0.15, 0.2) is 0 Å². The Hall–Kier alpha value is -0.0400. The van der Waals surface area contributed by atoms with Gasteiger partial charge in [0.15, 0.2) is 0 Å². The molecule has 1 fully saturated rings. The van der Waals surface area contributed by atoms with Crippen molar-refractivity contribution in [2.45, 2.75) is 66.2 Å². The molecular formula is C16H33N.